The minimum absolute atomic E-state index is 0.0572. The van der Waals surface area contributed by atoms with E-state index in [1.807, 2.05) is 43.8 Å². The van der Waals surface area contributed by atoms with E-state index in [0.29, 0.717) is 52.3 Å². The van der Waals surface area contributed by atoms with Crippen LogP contribution in [0.25, 0.3) is 21.9 Å². The highest BCUT2D eigenvalue weighted by molar-refractivity contribution is 6.33. The van der Waals surface area contributed by atoms with E-state index in [4.69, 9.17) is 26.4 Å². The highest BCUT2D eigenvalue weighted by atomic mass is 35.5. The van der Waals surface area contributed by atoms with Crippen LogP contribution in [-0.2, 0) is 21.4 Å². The Balaban J connectivity index is 0.896. The number of benzene rings is 1. The van der Waals surface area contributed by atoms with E-state index < -0.39 is 5.92 Å². The summed E-state index contributed by atoms with van der Waals surface area (Å²) in [6.07, 6.45) is 6.18. The molecule has 8 rings (SSSR count). The number of nitrogens with one attached hydrogen (secondary N) is 3. The second-order valence-corrected chi connectivity index (χ2v) is 16.7. The van der Waals surface area contributed by atoms with Crippen molar-refractivity contribution in [2.75, 3.05) is 68.0 Å². The summed E-state index contributed by atoms with van der Waals surface area (Å²) < 4.78 is 9.04. The van der Waals surface area contributed by atoms with E-state index in [1.165, 1.54) is 7.05 Å². The highest BCUT2D eigenvalue weighted by Crippen LogP contribution is 2.36. The molecule has 0 aliphatic carbocycles. The lowest BCUT2D eigenvalue weighted by Crippen LogP contribution is -2.54. The number of ether oxygens (including phenoxy) is 1. The molecule has 18 heteroatoms. The molecule has 2 atom stereocenters. The highest BCUT2D eigenvalue weighted by Gasteiger charge is 2.33. The van der Waals surface area contributed by atoms with E-state index in [9.17, 15) is 19.2 Å². The van der Waals surface area contributed by atoms with Crippen LogP contribution in [0, 0.1) is 5.92 Å². The van der Waals surface area contributed by atoms with Crippen molar-refractivity contribution < 1.29 is 19.1 Å². The molecule has 316 valence electrons. The maximum absolute atomic E-state index is 13.2. The molecule has 60 heavy (non-hydrogen) atoms. The Morgan fingerprint density at radius 2 is 1.85 bits per heavy atom. The van der Waals surface area contributed by atoms with E-state index in [-0.39, 0.29) is 47.7 Å². The molecule has 0 spiro atoms. The molecule has 0 bridgehead atoms. The fourth-order valence-electron chi connectivity index (χ4n) is 8.82. The summed E-state index contributed by atoms with van der Waals surface area (Å²) in [5.41, 5.74) is 3.63. The van der Waals surface area contributed by atoms with Crippen LogP contribution in [0.4, 0.5) is 23.1 Å². The zero-order chi connectivity index (χ0) is 42.2. The number of hydrogen-bond acceptors (Lipinski definition) is 13. The van der Waals surface area contributed by atoms with Crippen LogP contribution in [0.5, 0.6) is 5.75 Å². The molecule has 7 heterocycles. The minimum atomic E-state index is -0.429. The molecule has 0 radical (unpaired) electrons. The number of anilines is 4. The third kappa shape index (κ3) is 8.19. The molecule has 3 amide bonds. The number of carbonyl (C=O) groups is 3. The maximum Gasteiger partial charge on any atom is 0.294 e. The molecular weight excluding hydrogens is 788 g/mol. The zero-order valence-electron chi connectivity index (χ0n) is 34.6. The molecule has 4 aromatic heterocycles. The standard InChI is InChI=1S/C42H51ClN12O5/c1-24(2)55-39-27(18-33(41(55)59)60-23-35(57)44-4)17-28(19-45-39)47-38-31(43)20-46-42(49-38)54-16-15-52(21-25(54)3)22-26-11-13-53(14-12-26)32-8-6-7-29-36(50-51(5)37(29)32)30-9-10-34(56)48-40(30)58/h6-8,17-20,24-26,30H,9-16,21-23H2,1-5H3,(H,44,57)(H,46,47,49)(H,48,56,58). The number of pyridine rings is 2. The average Bonchev–Trinajstić information content (AvgIpc) is 3.56. The molecule has 0 saturated carbocycles. The first-order valence-corrected chi connectivity index (χ1v) is 21.0. The van der Waals surface area contributed by atoms with Crippen molar-refractivity contribution in [3.8, 4) is 5.75 Å². The lowest BCUT2D eigenvalue weighted by molar-refractivity contribution is -0.134. The number of amides is 3. The van der Waals surface area contributed by atoms with Gasteiger partial charge in [-0.05, 0) is 64.2 Å². The quantitative estimate of drug-likeness (QED) is 0.162. The fourth-order valence-corrected chi connectivity index (χ4v) is 8.95. The smallest absolute Gasteiger partial charge is 0.294 e. The largest absolute Gasteiger partial charge is 0.478 e. The summed E-state index contributed by atoms with van der Waals surface area (Å²) >= 11 is 6.63. The van der Waals surface area contributed by atoms with Crippen molar-refractivity contribution in [1.82, 2.24) is 44.8 Å². The topological polar surface area (TPSA) is 185 Å². The van der Waals surface area contributed by atoms with Gasteiger partial charge in [-0.1, -0.05) is 23.7 Å². The summed E-state index contributed by atoms with van der Waals surface area (Å²) in [6.45, 7) is 11.1. The van der Waals surface area contributed by atoms with Gasteiger partial charge < -0.3 is 25.2 Å². The van der Waals surface area contributed by atoms with Gasteiger partial charge in [-0.15, -0.1) is 0 Å². The van der Waals surface area contributed by atoms with Crippen LogP contribution in [0.2, 0.25) is 5.02 Å². The number of aryl methyl sites for hydroxylation is 1. The Morgan fingerprint density at radius 1 is 1.05 bits per heavy atom. The molecule has 5 aromatic rings. The van der Waals surface area contributed by atoms with Gasteiger partial charge in [-0.3, -0.25) is 38.6 Å². The molecular formula is C42H51ClN12O5. The zero-order valence-corrected chi connectivity index (χ0v) is 35.3. The van der Waals surface area contributed by atoms with Crippen LogP contribution in [0.3, 0.4) is 0 Å². The van der Waals surface area contributed by atoms with Crippen LogP contribution in [0.1, 0.15) is 64.1 Å². The van der Waals surface area contributed by atoms with Crippen molar-refractivity contribution in [2.24, 2.45) is 13.0 Å². The number of nitrogens with zero attached hydrogens (tertiary/aromatic N) is 9. The number of piperidine rings is 2. The third-order valence-corrected chi connectivity index (χ3v) is 12.1. The van der Waals surface area contributed by atoms with Gasteiger partial charge in [0.2, 0.25) is 17.8 Å². The predicted octanol–water partition coefficient (Wildman–Crippen LogP) is 4.12. The first-order chi connectivity index (χ1) is 28.9. The molecule has 2 unspecified atom stereocenters. The molecule has 3 N–H and O–H groups in total. The SMILES string of the molecule is CNC(=O)COc1cc2cc(Nc3nc(N4CCN(CC5CCN(c6cccc7c(C8CCC(=O)NC8=O)nn(C)c67)CC5)CC4C)ncc3Cl)cnc2n(C(C)C)c1=O. The van der Waals surface area contributed by atoms with Crippen molar-refractivity contribution in [3.05, 3.63) is 63.8 Å². The molecule has 3 aliphatic rings. The van der Waals surface area contributed by atoms with Gasteiger partial charge in [0.25, 0.3) is 11.5 Å². The lowest BCUT2D eigenvalue weighted by atomic mass is 9.92. The Kier molecular flexibility index (Phi) is 11.6. The second kappa shape index (κ2) is 17.0. The van der Waals surface area contributed by atoms with Crippen molar-refractivity contribution in [3.63, 3.8) is 0 Å². The predicted molar refractivity (Wildman–Crippen MR) is 230 cm³/mol. The average molecular weight is 839 g/mol. The van der Waals surface area contributed by atoms with Crippen molar-refractivity contribution in [2.45, 2.75) is 64.5 Å². The maximum atomic E-state index is 13.2. The number of piperazine rings is 1. The Bertz CT molecular complexity index is 2510. The number of aromatic nitrogens is 6. The molecule has 17 nitrogen and oxygen atoms in total. The van der Waals surface area contributed by atoms with E-state index in [0.717, 1.165) is 74.4 Å². The fraction of sp³-hybridized carbons (Fsp3) is 0.476. The number of fused-ring (bicyclic) bond motifs is 2. The van der Waals surface area contributed by atoms with E-state index >= 15 is 0 Å². The molecule has 3 aliphatic heterocycles. The van der Waals surface area contributed by atoms with E-state index in [2.05, 4.69) is 53.6 Å². The van der Waals surface area contributed by atoms with Crippen LogP contribution >= 0.6 is 11.6 Å². The number of halogens is 1. The molecule has 1 aromatic carbocycles. The van der Waals surface area contributed by atoms with Gasteiger partial charge in [0.15, 0.2) is 18.2 Å². The third-order valence-electron chi connectivity index (χ3n) is 11.9. The number of carbonyl (C=O) groups excluding carboxylic acids is 3. The van der Waals surface area contributed by atoms with Gasteiger partial charge in [-0.25, -0.2) is 9.97 Å². The Morgan fingerprint density at radius 3 is 2.58 bits per heavy atom. The lowest BCUT2D eigenvalue weighted by Gasteiger charge is -2.42. The normalized spacial score (nSPS) is 19.3. The van der Waals surface area contributed by atoms with Gasteiger partial charge in [0.05, 0.1) is 40.9 Å². The van der Waals surface area contributed by atoms with Crippen LogP contribution < -0.4 is 36.0 Å². The second-order valence-electron chi connectivity index (χ2n) is 16.3. The first-order valence-electron chi connectivity index (χ1n) is 20.6. The van der Waals surface area contributed by atoms with Gasteiger partial charge >= 0.3 is 0 Å². The van der Waals surface area contributed by atoms with Crippen molar-refractivity contribution in [1.29, 1.82) is 0 Å². The van der Waals surface area contributed by atoms with Gasteiger partial charge in [0, 0.05) is 82.6 Å². The van der Waals surface area contributed by atoms with E-state index in [1.54, 1.807) is 23.0 Å². The summed E-state index contributed by atoms with van der Waals surface area (Å²) in [5.74, 6) is 0.377. The number of para-hydroxylation sites is 1. The molecule has 3 fully saturated rings. The Hall–Kier alpha value is -5.81. The number of likely N-dealkylation sites (N-methyl/N-ethyl adjacent to an activating group) is 1. The number of rotatable bonds is 11. The van der Waals surface area contributed by atoms with Gasteiger partial charge in [-0.2, -0.15) is 10.1 Å². The first kappa shape index (κ1) is 40.9. The Labute approximate surface area is 352 Å². The van der Waals surface area contributed by atoms with Crippen LogP contribution in [0.15, 0.2) is 47.5 Å². The summed E-state index contributed by atoms with van der Waals surface area (Å²) in [7, 11) is 3.44. The van der Waals surface area contributed by atoms with Gasteiger partial charge in [0.1, 0.15) is 10.7 Å². The monoisotopic (exact) mass is 838 g/mol. The summed E-state index contributed by atoms with van der Waals surface area (Å²) in [4.78, 5) is 70.9. The molecule has 3 saturated heterocycles. The number of imide groups is 1. The summed E-state index contributed by atoms with van der Waals surface area (Å²) in [6, 6.07) is 9.63. The minimum Gasteiger partial charge on any atom is -0.478 e. The number of hydrogen-bond donors (Lipinski definition) is 3. The summed E-state index contributed by atoms with van der Waals surface area (Å²) in [5, 5.41) is 15.0. The van der Waals surface area contributed by atoms with Crippen LogP contribution in [-0.4, -0.2) is 111 Å². The van der Waals surface area contributed by atoms with Crippen molar-refractivity contribution >= 4 is 74.4 Å².